The van der Waals surface area contributed by atoms with Gasteiger partial charge in [0.1, 0.15) is 81.1 Å². The highest BCUT2D eigenvalue weighted by Crippen LogP contribution is 2.60. The van der Waals surface area contributed by atoms with Gasteiger partial charge in [-0.3, -0.25) is 48.4 Å². The predicted molar refractivity (Wildman–Crippen MR) is 520 cm³/mol. The van der Waals surface area contributed by atoms with Gasteiger partial charge in [-0.05, 0) is 197 Å². The predicted octanol–water partition coefficient (Wildman–Crippen LogP) is 25.7. The summed E-state index contributed by atoms with van der Waals surface area (Å²) in [5, 5.41) is -0.245. The molecule has 0 bridgehead atoms. The molecule has 15 rings (SSSR count). The Morgan fingerprint density at radius 2 is 0.555 bits per heavy atom. The number of hydrogen-bond donors (Lipinski definition) is 0. The molecule has 0 radical (unpaired) electrons. The van der Waals surface area contributed by atoms with Crippen LogP contribution in [0.3, 0.4) is 0 Å². The van der Waals surface area contributed by atoms with Crippen LogP contribution in [-0.4, -0.2) is 87.4 Å². The van der Waals surface area contributed by atoms with Crippen molar-refractivity contribution in [2.24, 2.45) is 0 Å². The van der Waals surface area contributed by atoms with Gasteiger partial charge in [0.05, 0.1) is 51.4 Å². The molecule has 0 spiro atoms. The first-order valence-electron chi connectivity index (χ1n) is 44.4. The molecule has 0 N–H and O–H groups in total. The van der Waals surface area contributed by atoms with Gasteiger partial charge in [0.15, 0.2) is 0 Å². The molecule has 2 heterocycles. The minimum absolute atomic E-state index is 0.00447. The van der Waals surface area contributed by atoms with E-state index in [4.69, 9.17) is 37.9 Å². The number of anilines is 4. The van der Waals surface area contributed by atoms with E-state index in [1.165, 1.54) is 114 Å². The van der Waals surface area contributed by atoms with E-state index >= 15 is 41.9 Å². The number of benzene rings is 13. The van der Waals surface area contributed by atoms with Gasteiger partial charge in [0, 0.05) is 91.7 Å². The molecule has 22 nitrogen and oxygen atoms in total. The molecule has 0 saturated carbocycles. The topological polar surface area (TPSA) is 258 Å². The number of rotatable bonds is 26. The third kappa shape index (κ3) is 18.8. The van der Waals surface area contributed by atoms with E-state index < -0.39 is 117 Å². The van der Waals surface area contributed by atoms with Crippen molar-refractivity contribution in [2.75, 3.05) is 9.80 Å². The summed E-state index contributed by atoms with van der Waals surface area (Å²) in [5.74, 6) is -11.6. The number of carbonyl (C=O) groups excluding carboxylic acids is 10. The highest BCUT2D eigenvalue weighted by Gasteiger charge is 2.51. The minimum Gasteiger partial charge on any atom is -0.456 e. The SMILES string of the molecule is C=CC(=O)Oc1cccc(N(C(=O)C(CC)N2C(=O)c3cc(Oc4ccc(C(C)(C)C)cc4C)c4c5c(Oc6ccc(C(C)(C)C)cc6C)cc6c7c(cc(Oc8ccc(C(C)(C)C)cc8C)c(c8c(Oc9ccc(C(C)(C)C)cc9C)cc(c3c48)C2=O)c75)C(=O)N(C(CC(F)(F)F)C(=O)N(c2cccc(OC(=O)C=C)c2)c2cccc(OC(=O)C=C)c2)C6=O)c2cccc(OC(=O)C=C)c2)c1. The fraction of sp³-hybridized carbons (Fsp3) is 0.232. The van der Waals surface area contributed by atoms with E-state index in [-0.39, 0.29) is 157 Å². The number of alkyl halides is 3. The molecular formula is C112H101F3N4O18. The fourth-order valence-electron chi connectivity index (χ4n) is 17.3. The van der Waals surface area contributed by atoms with Crippen molar-refractivity contribution in [1.82, 2.24) is 9.80 Å². The largest absolute Gasteiger partial charge is 0.456 e. The minimum atomic E-state index is -5.40. The lowest BCUT2D eigenvalue weighted by Crippen LogP contribution is -2.55. The zero-order valence-corrected chi connectivity index (χ0v) is 79.0. The number of nitrogens with zero attached hydrogens (tertiary/aromatic N) is 4. The van der Waals surface area contributed by atoms with Crippen molar-refractivity contribution in [3.8, 4) is 69.0 Å². The van der Waals surface area contributed by atoms with Crippen LogP contribution in [-0.2, 0) is 50.4 Å². The Kier molecular flexibility index (Phi) is 25.6. The molecule has 13 aromatic carbocycles. The van der Waals surface area contributed by atoms with Crippen LogP contribution in [0.4, 0.5) is 35.9 Å². The van der Waals surface area contributed by atoms with Crippen LogP contribution in [0.25, 0.3) is 43.1 Å². The molecule has 2 aliphatic heterocycles. The number of halogens is 3. The van der Waals surface area contributed by atoms with E-state index in [1.54, 1.807) is 45.0 Å². The first-order valence-corrected chi connectivity index (χ1v) is 44.4. The molecule has 0 fully saturated rings. The standard InChI is InChI=1S/C112H101F3N4O18/c1-22-80(106(128)116(68-31-27-35-72(51-68)130-90(120)23-2)69-32-28-36-73(52-69)131-91(121)24-3)118-102(124)76-55-86(134-82-43-39-64(47-60(82)6)108(10,11)12)96-98-88(136-84-45-41-66(49-62(84)8)110(16,17)18)57-78-95-79(105(127)119(104(78)126)81(59-112(113,114)115)107(129)117(70-33-29-37-74(53-70)132-92(122)25-4)71-34-30-38-75(54-71)133-93(123)26-5)58-89(137-85-46-42-67(50-63(85)9)111(19,20)21)99(101(95)98)97-87(56-77(103(118)125)94(76)100(96)97)135-83-44-40-65(48-61(83)7)109(13,14)15/h23-58,80-81H,2-5,22,59H2,1,6-21H3. The van der Waals surface area contributed by atoms with E-state index in [0.717, 1.165) is 68.5 Å². The second-order valence-electron chi connectivity index (χ2n) is 38.1. The molecule has 0 aliphatic carbocycles. The molecule has 0 aromatic heterocycles. The molecule has 2 unspecified atom stereocenters. The summed E-state index contributed by atoms with van der Waals surface area (Å²) < 4.78 is 102. The average Bonchev–Trinajstić information content (AvgIpc) is 0.667. The molecular weight excluding hydrogens is 1750 g/mol. The van der Waals surface area contributed by atoms with E-state index in [9.17, 15) is 19.2 Å². The number of carbonyl (C=O) groups is 10. The molecule has 13 aromatic rings. The van der Waals surface area contributed by atoms with Gasteiger partial charge in [-0.1, -0.05) is 189 Å². The van der Waals surface area contributed by atoms with Gasteiger partial charge in [-0.15, -0.1) is 0 Å². The first-order chi connectivity index (χ1) is 64.6. The zero-order valence-electron chi connectivity index (χ0n) is 79.0. The number of hydrogen-bond acceptors (Lipinski definition) is 18. The summed E-state index contributed by atoms with van der Waals surface area (Å²) in [6.07, 6.45) is -4.26. The van der Waals surface area contributed by atoms with Gasteiger partial charge in [-0.2, -0.15) is 13.2 Å². The van der Waals surface area contributed by atoms with Crippen molar-refractivity contribution in [2.45, 2.75) is 170 Å². The average molecular weight is 1850 g/mol. The van der Waals surface area contributed by atoms with Crippen molar-refractivity contribution in [3.63, 3.8) is 0 Å². The second-order valence-corrected chi connectivity index (χ2v) is 38.1. The Balaban J connectivity index is 1.11. The molecule has 698 valence electrons. The number of esters is 4. The molecule has 137 heavy (non-hydrogen) atoms. The van der Waals surface area contributed by atoms with E-state index in [0.29, 0.717) is 22.3 Å². The second kappa shape index (κ2) is 36.5. The molecule has 2 aliphatic rings. The number of aryl methyl sites for hydroxylation is 4. The Labute approximate surface area is 790 Å². The van der Waals surface area contributed by atoms with Crippen LogP contribution in [0.5, 0.6) is 69.0 Å². The van der Waals surface area contributed by atoms with Crippen LogP contribution >= 0.6 is 0 Å². The smallest absolute Gasteiger partial charge is 0.391 e. The highest BCUT2D eigenvalue weighted by atomic mass is 19.4. The number of fused-ring (bicyclic) bond motifs is 2. The monoisotopic (exact) mass is 1850 g/mol. The van der Waals surface area contributed by atoms with Crippen LogP contribution < -0.4 is 47.7 Å². The summed E-state index contributed by atoms with van der Waals surface area (Å²) in [6.45, 7) is 47.2. The fourth-order valence-corrected chi connectivity index (χ4v) is 17.3. The normalized spacial score (nSPS) is 13.3. The number of amides is 6. The van der Waals surface area contributed by atoms with E-state index in [1.807, 2.05) is 145 Å². The Hall–Kier alpha value is -15.8. The van der Waals surface area contributed by atoms with Crippen molar-refractivity contribution >= 4 is 125 Å². The summed E-state index contributed by atoms with van der Waals surface area (Å²) in [6, 6.07) is 44.8. The zero-order chi connectivity index (χ0) is 99.0. The third-order valence-electron chi connectivity index (χ3n) is 24.3. The van der Waals surface area contributed by atoms with Gasteiger partial charge in [-0.25, -0.2) is 19.2 Å². The Bertz CT molecular complexity index is 6930. The van der Waals surface area contributed by atoms with Crippen molar-refractivity contribution in [3.05, 3.63) is 312 Å². The Morgan fingerprint density at radius 1 is 0.321 bits per heavy atom. The summed E-state index contributed by atoms with van der Waals surface area (Å²) >= 11 is 0. The molecule has 25 heteroatoms. The van der Waals surface area contributed by atoms with Crippen LogP contribution in [0.15, 0.2) is 245 Å². The summed E-state index contributed by atoms with van der Waals surface area (Å²) in [4.78, 5) is 157. The summed E-state index contributed by atoms with van der Waals surface area (Å²) in [5.41, 5.74) is 2.04. The molecule has 2 atom stereocenters. The van der Waals surface area contributed by atoms with Crippen LogP contribution in [0.2, 0.25) is 0 Å². The Morgan fingerprint density at radius 3 is 0.766 bits per heavy atom. The number of ether oxygens (including phenoxy) is 8. The van der Waals surface area contributed by atoms with Gasteiger partial charge in [0.2, 0.25) is 0 Å². The molecule has 0 saturated heterocycles. The van der Waals surface area contributed by atoms with Gasteiger partial charge in [0.25, 0.3) is 35.4 Å². The molecule has 6 amide bonds. The highest BCUT2D eigenvalue weighted by molar-refractivity contribution is 6.45. The summed E-state index contributed by atoms with van der Waals surface area (Å²) in [7, 11) is 0. The lowest BCUT2D eigenvalue weighted by Gasteiger charge is -2.38. The van der Waals surface area contributed by atoms with Crippen molar-refractivity contribution in [1.29, 1.82) is 0 Å². The quantitative estimate of drug-likeness (QED) is 0.0122. The lowest BCUT2D eigenvalue weighted by atomic mass is 9.80. The maximum Gasteiger partial charge on any atom is 0.391 e. The first kappa shape index (κ1) is 95.8. The number of imide groups is 2. The van der Waals surface area contributed by atoms with Gasteiger partial charge < -0.3 is 37.9 Å². The maximum atomic E-state index is 17.2. The lowest BCUT2D eigenvalue weighted by molar-refractivity contribution is -0.152. The third-order valence-corrected chi connectivity index (χ3v) is 24.3. The van der Waals surface area contributed by atoms with Crippen molar-refractivity contribution < 1.29 is 99.0 Å². The van der Waals surface area contributed by atoms with Crippen LogP contribution in [0.1, 0.15) is 189 Å². The van der Waals surface area contributed by atoms with Gasteiger partial charge >= 0.3 is 30.1 Å². The van der Waals surface area contributed by atoms with Crippen LogP contribution in [0, 0.1) is 27.7 Å². The van der Waals surface area contributed by atoms with E-state index in [2.05, 4.69) is 26.3 Å². The maximum absolute atomic E-state index is 17.2.